The minimum absolute atomic E-state index is 0. The van der Waals surface area contributed by atoms with E-state index in [1.165, 1.54) is 12.8 Å². The van der Waals surface area contributed by atoms with Crippen LogP contribution >= 0.6 is 12.4 Å². The second-order valence-electron chi connectivity index (χ2n) is 6.91. The molecular formula is C18H25ClF2N2O2. The molecule has 2 unspecified atom stereocenters. The Kier molecular flexibility index (Phi) is 7.02. The minimum Gasteiger partial charge on any atom is -0.487 e. The molecule has 0 aliphatic carbocycles. The van der Waals surface area contributed by atoms with Crippen LogP contribution in [0, 0.1) is 12.8 Å². The van der Waals surface area contributed by atoms with Crippen molar-refractivity contribution in [2.75, 3.05) is 11.9 Å². The van der Waals surface area contributed by atoms with Gasteiger partial charge in [0, 0.05) is 30.3 Å². The molecule has 1 aromatic carbocycles. The fraction of sp³-hybridized carbons (Fsp3) is 0.611. The zero-order valence-electron chi connectivity index (χ0n) is 14.3. The zero-order valence-corrected chi connectivity index (χ0v) is 15.1. The first-order valence-electron chi connectivity index (χ1n) is 8.57. The van der Waals surface area contributed by atoms with E-state index in [-0.39, 0.29) is 18.3 Å². The topological polar surface area (TPSA) is 50.4 Å². The molecule has 2 heterocycles. The number of fused-ring (bicyclic) bond motifs is 2. The van der Waals surface area contributed by atoms with Crippen molar-refractivity contribution in [3.05, 3.63) is 23.8 Å². The van der Waals surface area contributed by atoms with E-state index in [0.717, 1.165) is 18.4 Å². The van der Waals surface area contributed by atoms with Crippen molar-refractivity contribution in [2.45, 2.75) is 57.5 Å². The molecule has 7 heteroatoms. The molecule has 2 saturated heterocycles. The number of piperidine rings is 1. The smallest absolute Gasteiger partial charge is 0.272 e. The van der Waals surface area contributed by atoms with Gasteiger partial charge in [-0.2, -0.15) is 0 Å². The van der Waals surface area contributed by atoms with Gasteiger partial charge in [0.2, 0.25) is 5.91 Å². The van der Waals surface area contributed by atoms with E-state index in [9.17, 15) is 13.6 Å². The van der Waals surface area contributed by atoms with Crippen molar-refractivity contribution in [3.8, 4) is 5.75 Å². The van der Waals surface area contributed by atoms with Crippen LogP contribution in [0.2, 0.25) is 0 Å². The first-order chi connectivity index (χ1) is 11.5. The summed E-state index contributed by atoms with van der Waals surface area (Å²) in [6.07, 6.45) is 2.53. The number of hydrogen-bond acceptors (Lipinski definition) is 3. The van der Waals surface area contributed by atoms with Gasteiger partial charge in [0.1, 0.15) is 12.4 Å². The summed E-state index contributed by atoms with van der Waals surface area (Å²) in [4.78, 5) is 12.3. The maximum atomic E-state index is 12.3. The molecule has 2 fully saturated rings. The van der Waals surface area contributed by atoms with Gasteiger partial charge in [0.05, 0.1) is 0 Å². The summed E-state index contributed by atoms with van der Waals surface area (Å²) in [6, 6.07) is 6.28. The fourth-order valence-corrected chi connectivity index (χ4v) is 3.80. The van der Waals surface area contributed by atoms with Gasteiger partial charge >= 0.3 is 0 Å². The van der Waals surface area contributed by atoms with E-state index in [1.54, 1.807) is 25.1 Å². The van der Waals surface area contributed by atoms with E-state index in [4.69, 9.17) is 4.74 Å². The van der Waals surface area contributed by atoms with Crippen LogP contribution in [0.25, 0.3) is 0 Å². The molecule has 2 atom stereocenters. The van der Waals surface area contributed by atoms with Gasteiger partial charge in [0.15, 0.2) is 0 Å². The summed E-state index contributed by atoms with van der Waals surface area (Å²) in [6.45, 7) is 1.15. The summed E-state index contributed by atoms with van der Waals surface area (Å²) >= 11 is 0. The fourth-order valence-electron chi connectivity index (χ4n) is 3.80. The van der Waals surface area contributed by atoms with Gasteiger partial charge in [0.25, 0.3) is 6.43 Å². The number of anilines is 1. The molecule has 2 aliphatic heterocycles. The van der Waals surface area contributed by atoms with Crippen molar-refractivity contribution >= 4 is 24.0 Å². The second-order valence-corrected chi connectivity index (χ2v) is 6.91. The molecule has 0 spiro atoms. The average Bonchev–Trinajstić information content (AvgIpc) is 2.86. The summed E-state index contributed by atoms with van der Waals surface area (Å²) in [5.41, 5.74) is 1.36. The first-order valence-corrected chi connectivity index (χ1v) is 8.57. The largest absolute Gasteiger partial charge is 0.487 e. The number of carbonyl (C=O) groups is 1. The molecule has 1 aromatic rings. The second kappa shape index (κ2) is 8.81. The number of rotatable bonds is 6. The van der Waals surface area contributed by atoms with E-state index >= 15 is 0 Å². The Morgan fingerprint density at radius 2 is 2.00 bits per heavy atom. The lowest BCUT2D eigenvalue weighted by Crippen LogP contribution is -2.39. The van der Waals surface area contributed by atoms with Gasteiger partial charge in [-0.1, -0.05) is 6.07 Å². The van der Waals surface area contributed by atoms with Crippen LogP contribution < -0.4 is 15.4 Å². The Morgan fingerprint density at radius 1 is 1.32 bits per heavy atom. The number of hydrogen-bond donors (Lipinski definition) is 2. The van der Waals surface area contributed by atoms with Gasteiger partial charge in [-0.3, -0.25) is 4.79 Å². The van der Waals surface area contributed by atoms with E-state index in [2.05, 4.69) is 10.6 Å². The van der Waals surface area contributed by atoms with E-state index in [0.29, 0.717) is 35.9 Å². The Bertz CT molecular complexity index is 588. The van der Waals surface area contributed by atoms with Gasteiger partial charge < -0.3 is 15.4 Å². The van der Waals surface area contributed by atoms with Crippen molar-refractivity contribution in [2.24, 2.45) is 5.92 Å². The number of benzene rings is 1. The number of nitrogens with one attached hydrogen (secondary N) is 2. The highest BCUT2D eigenvalue weighted by molar-refractivity contribution is 5.91. The lowest BCUT2D eigenvalue weighted by molar-refractivity contribution is -0.117. The van der Waals surface area contributed by atoms with E-state index < -0.39 is 13.0 Å². The highest BCUT2D eigenvalue weighted by Crippen LogP contribution is 2.33. The Labute approximate surface area is 153 Å². The molecule has 2 bridgehead atoms. The van der Waals surface area contributed by atoms with Crippen molar-refractivity contribution in [1.29, 1.82) is 0 Å². The van der Waals surface area contributed by atoms with Crippen LogP contribution in [-0.4, -0.2) is 31.0 Å². The monoisotopic (exact) mass is 374 g/mol. The predicted octanol–water partition coefficient (Wildman–Crippen LogP) is 3.92. The molecule has 0 aromatic heterocycles. The maximum absolute atomic E-state index is 12.3. The number of carbonyl (C=O) groups excluding carboxylic acids is 1. The number of amides is 1. The molecule has 140 valence electrons. The number of halogens is 3. The minimum atomic E-state index is -2.52. The quantitative estimate of drug-likeness (QED) is 0.793. The third kappa shape index (κ3) is 5.54. The molecule has 3 rings (SSSR count). The molecule has 1 amide bonds. The van der Waals surface area contributed by atoms with Crippen LogP contribution in [0.4, 0.5) is 14.5 Å². The van der Waals surface area contributed by atoms with E-state index in [1.807, 2.05) is 0 Å². The highest BCUT2D eigenvalue weighted by atomic mass is 35.5. The number of ether oxygens (including phenoxy) is 1. The lowest BCUT2D eigenvalue weighted by Gasteiger charge is -2.28. The van der Waals surface area contributed by atoms with Gasteiger partial charge in [-0.25, -0.2) is 8.78 Å². The maximum Gasteiger partial charge on any atom is 0.272 e. The Morgan fingerprint density at radius 3 is 2.64 bits per heavy atom. The Balaban J connectivity index is 0.00000225. The lowest BCUT2D eigenvalue weighted by atomic mass is 9.89. The molecule has 0 radical (unpaired) electrons. The van der Waals surface area contributed by atoms with Crippen molar-refractivity contribution in [1.82, 2.24) is 5.32 Å². The van der Waals surface area contributed by atoms with Crippen LogP contribution in [-0.2, 0) is 4.79 Å². The van der Waals surface area contributed by atoms with Crippen LogP contribution in [0.15, 0.2) is 18.2 Å². The first kappa shape index (κ1) is 19.9. The molecular weight excluding hydrogens is 350 g/mol. The standard InChI is InChI=1S/C18H24F2N2O2.ClH/c1-11-2-3-15(9-16(11)24-10-17(19)20)22-18(23)8-12-6-13-4-5-14(7-12)21-13;/h2-3,9,12-14,17,21H,4-8,10H2,1H3,(H,22,23);1H. The van der Waals surface area contributed by atoms with Crippen LogP contribution in [0.5, 0.6) is 5.75 Å². The summed E-state index contributed by atoms with van der Waals surface area (Å²) in [5, 5.41) is 6.44. The molecule has 0 saturated carbocycles. The predicted molar refractivity (Wildman–Crippen MR) is 95.8 cm³/mol. The molecule has 2 N–H and O–H groups in total. The third-order valence-electron chi connectivity index (χ3n) is 4.88. The van der Waals surface area contributed by atoms with Crippen molar-refractivity contribution in [3.63, 3.8) is 0 Å². The van der Waals surface area contributed by atoms with Crippen LogP contribution in [0.3, 0.4) is 0 Å². The van der Waals surface area contributed by atoms with Gasteiger partial charge in [-0.15, -0.1) is 12.4 Å². The van der Waals surface area contributed by atoms with Gasteiger partial charge in [-0.05, 0) is 50.2 Å². The zero-order chi connectivity index (χ0) is 17.1. The number of aryl methyl sites for hydroxylation is 1. The molecule has 4 nitrogen and oxygen atoms in total. The average molecular weight is 375 g/mol. The summed E-state index contributed by atoms with van der Waals surface area (Å²) in [7, 11) is 0. The normalized spacial score (nSPS) is 24.7. The number of alkyl halides is 2. The third-order valence-corrected chi connectivity index (χ3v) is 4.88. The molecule has 2 aliphatic rings. The van der Waals surface area contributed by atoms with Crippen molar-refractivity contribution < 1.29 is 18.3 Å². The molecule has 25 heavy (non-hydrogen) atoms. The SMILES string of the molecule is Cc1ccc(NC(=O)CC2CC3CCC(C2)N3)cc1OCC(F)F.Cl. The summed E-state index contributed by atoms with van der Waals surface area (Å²) in [5.74, 6) is 0.779. The van der Waals surface area contributed by atoms with Crippen LogP contribution in [0.1, 0.15) is 37.7 Å². The highest BCUT2D eigenvalue weighted by Gasteiger charge is 2.34. The Hall–Kier alpha value is -1.40. The summed E-state index contributed by atoms with van der Waals surface area (Å²) < 4.78 is 29.7.